The molecule has 0 amide bonds. The SMILES string of the molecule is Cn1cc(-c2ccc(NC(C)(C)C)cc2)cc1C(=O)n1ccc2cccnc21. The first-order valence-electron chi connectivity index (χ1n) is 9.34. The number of fused-ring (bicyclic) bond motifs is 1. The highest BCUT2D eigenvalue weighted by molar-refractivity contribution is 6.01. The number of pyridine rings is 1. The molecular formula is C23H24N4O. The molecule has 5 nitrogen and oxygen atoms in total. The molecule has 3 aromatic heterocycles. The Bertz CT molecular complexity index is 1140. The Morgan fingerprint density at radius 1 is 1.04 bits per heavy atom. The second kappa shape index (κ2) is 6.68. The van der Waals surface area contributed by atoms with E-state index in [1.165, 1.54) is 0 Å². The lowest BCUT2D eigenvalue weighted by molar-refractivity contribution is 0.0956. The van der Waals surface area contributed by atoms with Crippen molar-refractivity contribution >= 4 is 22.6 Å². The third kappa shape index (κ3) is 3.43. The van der Waals surface area contributed by atoms with Crippen molar-refractivity contribution in [3.63, 3.8) is 0 Å². The van der Waals surface area contributed by atoms with E-state index in [9.17, 15) is 4.79 Å². The van der Waals surface area contributed by atoms with E-state index in [0.29, 0.717) is 11.3 Å². The van der Waals surface area contributed by atoms with Crippen LogP contribution >= 0.6 is 0 Å². The first-order chi connectivity index (χ1) is 13.3. The summed E-state index contributed by atoms with van der Waals surface area (Å²) in [5, 5.41) is 4.41. The molecule has 0 radical (unpaired) electrons. The molecule has 1 N–H and O–H groups in total. The third-order valence-corrected chi connectivity index (χ3v) is 4.63. The topological polar surface area (TPSA) is 51.9 Å². The summed E-state index contributed by atoms with van der Waals surface area (Å²) in [7, 11) is 1.89. The number of nitrogens with zero attached hydrogens (tertiary/aromatic N) is 3. The number of aryl methyl sites for hydroxylation is 1. The zero-order valence-electron chi connectivity index (χ0n) is 16.6. The van der Waals surface area contributed by atoms with Gasteiger partial charge in [0, 0.05) is 47.8 Å². The lowest BCUT2D eigenvalue weighted by Gasteiger charge is -2.22. The van der Waals surface area contributed by atoms with Crippen LogP contribution in [0.5, 0.6) is 0 Å². The summed E-state index contributed by atoms with van der Waals surface area (Å²) in [5.74, 6) is -0.0894. The third-order valence-electron chi connectivity index (χ3n) is 4.63. The number of benzene rings is 1. The van der Waals surface area contributed by atoms with Gasteiger partial charge in [-0.15, -0.1) is 0 Å². The van der Waals surface area contributed by atoms with Crippen LogP contribution in [0.15, 0.2) is 67.1 Å². The van der Waals surface area contributed by atoms with Gasteiger partial charge < -0.3 is 9.88 Å². The van der Waals surface area contributed by atoms with Gasteiger partial charge in [0.2, 0.25) is 0 Å². The summed E-state index contributed by atoms with van der Waals surface area (Å²) in [4.78, 5) is 17.4. The van der Waals surface area contributed by atoms with Gasteiger partial charge in [-0.1, -0.05) is 12.1 Å². The molecule has 142 valence electrons. The molecule has 0 bridgehead atoms. The van der Waals surface area contributed by atoms with E-state index in [0.717, 1.165) is 22.2 Å². The van der Waals surface area contributed by atoms with Gasteiger partial charge in [0.1, 0.15) is 11.3 Å². The zero-order chi connectivity index (χ0) is 19.9. The highest BCUT2D eigenvalue weighted by Crippen LogP contribution is 2.25. The molecule has 5 heteroatoms. The molecule has 1 aromatic carbocycles. The zero-order valence-corrected chi connectivity index (χ0v) is 16.6. The first kappa shape index (κ1) is 18.0. The number of carbonyl (C=O) groups excluding carboxylic acids is 1. The Labute approximate surface area is 164 Å². The minimum absolute atomic E-state index is 0.0153. The highest BCUT2D eigenvalue weighted by atomic mass is 16.2. The fraction of sp³-hybridized carbons (Fsp3) is 0.217. The van der Waals surface area contributed by atoms with Crippen LogP contribution in [-0.4, -0.2) is 25.6 Å². The molecule has 0 unspecified atom stereocenters. The Morgan fingerprint density at radius 3 is 2.50 bits per heavy atom. The largest absolute Gasteiger partial charge is 0.380 e. The molecule has 0 aliphatic rings. The molecule has 4 rings (SSSR count). The van der Waals surface area contributed by atoms with Crippen molar-refractivity contribution in [2.24, 2.45) is 7.05 Å². The van der Waals surface area contributed by atoms with Gasteiger partial charge in [-0.25, -0.2) is 4.98 Å². The van der Waals surface area contributed by atoms with E-state index in [1.54, 1.807) is 17.0 Å². The van der Waals surface area contributed by atoms with Crippen LogP contribution in [0.2, 0.25) is 0 Å². The monoisotopic (exact) mass is 372 g/mol. The van der Waals surface area contributed by atoms with Gasteiger partial charge in [0.15, 0.2) is 0 Å². The summed E-state index contributed by atoms with van der Waals surface area (Å²) in [6.45, 7) is 6.40. The van der Waals surface area contributed by atoms with Gasteiger partial charge >= 0.3 is 0 Å². The van der Waals surface area contributed by atoms with Crippen LogP contribution < -0.4 is 5.32 Å². The van der Waals surface area contributed by atoms with Crippen LogP contribution in [0, 0.1) is 0 Å². The van der Waals surface area contributed by atoms with E-state index in [-0.39, 0.29) is 11.4 Å². The van der Waals surface area contributed by atoms with Gasteiger partial charge in [0.25, 0.3) is 5.91 Å². The second-order valence-electron chi connectivity index (χ2n) is 8.08. The molecule has 0 saturated heterocycles. The molecule has 0 atom stereocenters. The average molecular weight is 372 g/mol. The maximum Gasteiger partial charge on any atom is 0.280 e. The lowest BCUT2D eigenvalue weighted by Crippen LogP contribution is -2.25. The molecule has 0 aliphatic carbocycles. The average Bonchev–Trinajstić information content (AvgIpc) is 3.24. The predicted molar refractivity (Wildman–Crippen MR) is 114 cm³/mol. The minimum Gasteiger partial charge on any atom is -0.380 e. The van der Waals surface area contributed by atoms with Crippen LogP contribution in [0.4, 0.5) is 5.69 Å². The van der Waals surface area contributed by atoms with Crippen LogP contribution in [0.25, 0.3) is 22.2 Å². The van der Waals surface area contributed by atoms with Gasteiger partial charge in [-0.2, -0.15) is 0 Å². The smallest absolute Gasteiger partial charge is 0.280 e. The van der Waals surface area contributed by atoms with Crippen LogP contribution in [-0.2, 0) is 7.05 Å². The molecule has 0 aliphatic heterocycles. The van der Waals surface area contributed by atoms with Gasteiger partial charge in [0.05, 0.1) is 0 Å². The number of aromatic nitrogens is 3. The molecule has 4 aromatic rings. The number of nitrogens with one attached hydrogen (secondary N) is 1. The van der Waals surface area contributed by atoms with E-state index in [1.807, 2.05) is 42.1 Å². The van der Waals surface area contributed by atoms with Crippen molar-refractivity contribution < 1.29 is 4.79 Å². The number of carbonyl (C=O) groups is 1. The summed E-state index contributed by atoms with van der Waals surface area (Å²) < 4.78 is 3.47. The van der Waals surface area contributed by atoms with E-state index >= 15 is 0 Å². The second-order valence-corrected chi connectivity index (χ2v) is 8.08. The molecule has 28 heavy (non-hydrogen) atoms. The van der Waals surface area contributed by atoms with Crippen molar-refractivity contribution in [3.05, 3.63) is 72.8 Å². The predicted octanol–water partition coefficient (Wildman–Crippen LogP) is 4.94. The van der Waals surface area contributed by atoms with Crippen molar-refractivity contribution in [1.29, 1.82) is 0 Å². The van der Waals surface area contributed by atoms with Crippen molar-refractivity contribution in [3.8, 4) is 11.1 Å². The molecular weight excluding hydrogens is 348 g/mol. The normalized spacial score (nSPS) is 11.7. The lowest BCUT2D eigenvalue weighted by atomic mass is 10.1. The molecule has 0 fully saturated rings. The van der Waals surface area contributed by atoms with Gasteiger partial charge in [-0.3, -0.25) is 9.36 Å². The number of rotatable bonds is 3. The quantitative estimate of drug-likeness (QED) is 0.554. The summed E-state index contributed by atoms with van der Waals surface area (Å²) in [5.41, 5.74) is 4.47. The maximum absolute atomic E-state index is 13.1. The van der Waals surface area contributed by atoms with Crippen LogP contribution in [0.3, 0.4) is 0 Å². The fourth-order valence-corrected chi connectivity index (χ4v) is 3.37. The standard InChI is InChI=1S/C23H24N4O/c1-23(2,3)25-19-9-7-16(8-10-19)18-14-20(26(4)15-18)22(28)27-13-11-17-6-5-12-24-21(17)27/h5-15,25H,1-4H3. The fourth-order valence-electron chi connectivity index (χ4n) is 3.37. The summed E-state index contributed by atoms with van der Waals surface area (Å²) in [6, 6.07) is 15.9. The van der Waals surface area contributed by atoms with Crippen molar-refractivity contribution in [1.82, 2.24) is 14.1 Å². The molecule has 0 spiro atoms. The van der Waals surface area contributed by atoms with E-state index in [2.05, 4.69) is 55.3 Å². The van der Waals surface area contributed by atoms with Gasteiger partial charge in [-0.05, 0) is 62.7 Å². The van der Waals surface area contributed by atoms with E-state index in [4.69, 9.17) is 0 Å². The number of hydrogen-bond acceptors (Lipinski definition) is 3. The Hall–Kier alpha value is -3.34. The van der Waals surface area contributed by atoms with E-state index < -0.39 is 0 Å². The Morgan fingerprint density at radius 2 is 1.79 bits per heavy atom. The Balaban J connectivity index is 1.64. The highest BCUT2D eigenvalue weighted by Gasteiger charge is 2.17. The first-order valence-corrected chi connectivity index (χ1v) is 9.34. The Kier molecular flexibility index (Phi) is 4.30. The number of hydrogen-bond donors (Lipinski definition) is 1. The molecule has 3 heterocycles. The maximum atomic E-state index is 13.1. The molecule has 0 saturated carbocycles. The number of anilines is 1. The summed E-state index contributed by atoms with van der Waals surface area (Å²) >= 11 is 0. The minimum atomic E-state index is -0.0894. The summed E-state index contributed by atoms with van der Waals surface area (Å²) in [6.07, 6.45) is 5.47. The van der Waals surface area contributed by atoms with Crippen LogP contribution in [0.1, 0.15) is 31.3 Å². The van der Waals surface area contributed by atoms with Crippen molar-refractivity contribution in [2.75, 3.05) is 5.32 Å². The van der Waals surface area contributed by atoms with Crippen molar-refractivity contribution in [2.45, 2.75) is 26.3 Å².